The van der Waals surface area contributed by atoms with Gasteiger partial charge in [0.2, 0.25) is 0 Å². The second-order valence-corrected chi connectivity index (χ2v) is 3.98. The molecule has 0 fully saturated rings. The summed E-state index contributed by atoms with van der Waals surface area (Å²) in [6.07, 6.45) is 0.574. The summed E-state index contributed by atoms with van der Waals surface area (Å²) in [4.78, 5) is 11.5. The van der Waals surface area contributed by atoms with Crippen LogP contribution in [0.4, 0.5) is 0 Å². The molecule has 1 aromatic heterocycles. The molecule has 1 aromatic rings. The Kier molecular flexibility index (Phi) is 4.12. The van der Waals surface area contributed by atoms with E-state index in [-0.39, 0.29) is 5.78 Å². The number of ketones is 1. The van der Waals surface area contributed by atoms with Gasteiger partial charge in [0.1, 0.15) is 0 Å². The Morgan fingerprint density at radius 3 is 3.00 bits per heavy atom. The second-order valence-electron chi connectivity index (χ2n) is 3.20. The molecule has 0 aromatic carbocycles. The predicted octanol–water partition coefficient (Wildman–Crippen LogP) is 2.60. The largest absolute Gasteiger partial charge is 0.384 e. The second kappa shape index (κ2) is 5.14. The van der Waals surface area contributed by atoms with Crippen molar-refractivity contribution in [3.05, 3.63) is 22.4 Å². The maximum absolute atomic E-state index is 11.5. The number of hydrogen-bond donors (Lipinski definition) is 0. The molecule has 0 amide bonds. The minimum Gasteiger partial charge on any atom is -0.384 e. The lowest BCUT2D eigenvalue weighted by Crippen LogP contribution is -2.10. The third-order valence-corrected chi connectivity index (χ3v) is 2.51. The van der Waals surface area contributed by atoms with E-state index in [0.29, 0.717) is 18.9 Å². The first-order chi connectivity index (χ1) is 6.24. The van der Waals surface area contributed by atoms with E-state index in [9.17, 15) is 4.79 Å². The number of carbonyl (C=O) groups excluding carboxylic acids is 1. The lowest BCUT2D eigenvalue weighted by Gasteiger charge is -2.07. The zero-order valence-corrected chi connectivity index (χ0v) is 8.76. The van der Waals surface area contributed by atoms with Gasteiger partial charge < -0.3 is 4.74 Å². The number of hydrogen-bond acceptors (Lipinski definition) is 3. The van der Waals surface area contributed by atoms with Crippen LogP contribution in [0.25, 0.3) is 0 Å². The van der Waals surface area contributed by atoms with E-state index in [4.69, 9.17) is 4.74 Å². The lowest BCUT2D eigenvalue weighted by atomic mass is 10.0. The van der Waals surface area contributed by atoms with E-state index in [2.05, 4.69) is 0 Å². The lowest BCUT2D eigenvalue weighted by molar-refractivity contribution is 0.0920. The third-order valence-electron chi connectivity index (χ3n) is 1.83. The Morgan fingerprint density at radius 1 is 1.69 bits per heavy atom. The van der Waals surface area contributed by atoms with Crippen LogP contribution >= 0.6 is 11.3 Å². The number of ether oxygens (including phenoxy) is 1. The minimum atomic E-state index is 0.214. The summed E-state index contributed by atoms with van der Waals surface area (Å²) in [5, 5.41) is 3.82. The molecule has 1 heterocycles. The number of rotatable bonds is 5. The quantitative estimate of drug-likeness (QED) is 0.680. The summed E-state index contributed by atoms with van der Waals surface area (Å²) in [6, 6.07) is 1.87. The molecule has 0 aliphatic heterocycles. The van der Waals surface area contributed by atoms with Gasteiger partial charge in [0.15, 0.2) is 5.78 Å². The topological polar surface area (TPSA) is 26.3 Å². The molecule has 0 aliphatic carbocycles. The molecule has 0 aliphatic rings. The molecule has 13 heavy (non-hydrogen) atoms. The van der Waals surface area contributed by atoms with Crippen molar-refractivity contribution in [1.82, 2.24) is 0 Å². The highest BCUT2D eigenvalue weighted by Gasteiger charge is 2.10. The number of methoxy groups -OCH3 is 1. The van der Waals surface area contributed by atoms with Crippen LogP contribution in [0.1, 0.15) is 23.7 Å². The van der Waals surface area contributed by atoms with Crippen LogP contribution < -0.4 is 0 Å². The van der Waals surface area contributed by atoms with Crippen LogP contribution in [0.2, 0.25) is 0 Å². The summed E-state index contributed by atoms with van der Waals surface area (Å²) in [5.41, 5.74) is 0.827. The van der Waals surface area contributed by atoms with Gasteiger partial charge in [-0.3, -0.25) is 4.79 Å². The van der Waals surface area contributed by atoms with Crippen molar-refractivity contribution in [3.63, 3.8) is 0 Å². The molecule has 0 spiro atoms. The van der Waals surface area contributed by atoms with Crippen molar-refractivity contribution >= 4 is 17.1 Å². The number of thiophene rings is 1. The average molecular weight is 198 g/mol. The minimum absolute atomic E-state index is 0.214. The Balaban J connectivity index is 2.42. The van der Waals surface area contributed by atoms with Crippen molar-refractivity contribution in [2.24, 2.45) is 5.92 Å². The molecule has 1 atom stereocenters. The molecule has 1 unspecified atom stereocenters. The monoisotopic (exact) mass is 198 g/mol. The van der Waals surface area contributed by atoms with E-state index in [1.54, 1.807) is 18.4 Å². The van der Waals surface area contributed by atoms with E-state index < -0.39 is 0 Å². The SMILES string of the molecule is COCC(C)CC(=O)c1ccsc1. The summed E-state index contributed by atoms with van der Waals surface area (Å²) in [5.74, 6) is 0.517. The molecule has 0 radical (unpaired) electrons. The molecule has 0 N–H and O–H groups in total. The van der Waals surface area contributed by atoms with Crippen LogP contribution in [0.3, 0.4) is 0 Å². The fraction of sp³-hybridized carbons (Fsp3) is 0.500. The molecule has 72 valence electrons. The average Bonchev–Trinajstić information content (AvgIpc) is 2.55. The first-order valence-electron chi connectivity index (χ1n) is 4.28. The molecular formula is C10H14O2S. The summed E-state index contributed by atoms with van der Waals surface area (Å²) < 4.78 is 4.97. The highest BCUT2D eigenvalue weighted by atomic mass is 32.1. The molecule has 0 saturated carbocycles. The fourth-order valence-corrected chi connectivity index (χ4v) is 1.86. The van der Waals surface area contributed by atoms with Crippen molar-refractivity contribution in [2.75, 3.05) is 13.7 Å². The van der Waals surface area contributed by atoms with E-state index in [0.717, 1.165) is 5.56 Å². The highest BCUT2D eigenvalue weighted by Crippen LogP contribution is 2.12. The zero-order chi connectivity index (χ0) is 9.68. The summed E-state index contributed by atoms with van der Waals surface area (Å²) in [6.45, 7) is 2.67. The predicted molar refractivity (Wildman–Crippen MR) is 54.3 cm³/mol. The van der Waals surface area contributed by atoms with Crippen molar-refractivity contribution in [2.45, 2.75) is 13.3 Å². The maximum Gasteiger partial charge on any atom is 0.164 e. The first-order valence-corrected chi connectivity index (χ1v) is 5.22. The van der Waals surface area contributed by atoms with Crippen LogP contribution in [0, 0.1) is 5.92 Å². The Hall–Kier alpha value is -0.670. The summed E-state index contributed by atoms with van der Waals surface area (Å²) >= 11 is 1.56. The number of carbonyl (C=O) groups is 1. The van der Waals surface area contributed by atoms with Gasteiger partial charge in [0.25, 0.3) is 0 Å². The van der Waals surface area contributed by atoms with E-state index in [1.807, 2.05) is 23.8 Å². The van der Waals surface area contributed by atoms with Gasteiger partial charge in [-0.15, -0.1) is 0 Å². The summed E-state index contributed by atoms with van der Waals surface area (Å²) in [7, 11) is 1.66. The number of Topliss-reactive ketones (excluding diaryl/α,β-unsaturated/α-hetero) is 1. The maximum atomic E-state index is 11.5. The van der Waals surface area contributed by atoms with Crippen molar-refractivity contribution in [3.8, 4) is 0 Å². The van der Waals surface area contributed by atoms with Gasteiger partial charge in [0.05, 0.1) is 0 Å². The van der Waals surface area contributed by atoms with Gasteiger partial charge >= 0.3 is 0 Å². The van der Waals surface area contributed by atoms with Crippen LogP contribution in [-0.4, -0.2) is 19.5 Å². The molecule has 0 bridgehead atoms. The van der Waals surface area contributed by atoms with Gasteiger partial charge in [-0.05, 0) is 17.4 Å². The van der Waals surface area contributed by atoms with Gasteiger partial charge in [-0.25, -0.2) is 0 Å². The third kappa shape index (κ3) is 3.28. The highest BCUT2D eigenvalue weighted by molar-refractivity contribution is 7.08. The molecule has 3 heteroatoms. The van der Waals surface area contributed by atoms with Gasteiger partial charge in [0, 0.05) is 31.1 Å². The van der Waals surface area contributed by atoms with Gasteiger partial charge in [-0.2, -0.15) is 11.3 Å². The zero-order valence-electron chi connectivity index (χ0n) is 7.95. The molecule has 2 nitrogen and oxygen atoms in total. The Morgan fingerprint density at radius 2 is 2.46 bits per heavy atom. The Bertz CT molecular complexity index is 254. The van der Waals surface area contributed by atoms with Crippen LogP contribution in [0.15, 0.2) is 16.8 Å². The fourth-order valence-electron chi connectivity index (χ4n) is 1.20. The molecule has 0 saturated heterocycles. The Labute approximate surface area is 82.5 Å². The molecular weight excluding hydrogens is 184 g/mol. The van der Waals surface area contributed by atoms with E-state index >= 15 is 0 Å². The van der Waals surface area contributed by atoms with Crippen LogP contribution in [0.5, 0.6) is 0 Å². The first kappa shape index (κ1) is 10.4. The van der Waals surface area contributed by atoms with Crippen LogP contribution in [-0.2, 0) is 4.74 Å². The van der Waals surface area contributed by atoms with Crippen molar-refractivity contribution in [1.29, 1.82) is 0 Å². The van der Waals surface area contributed by atoms with E-state index in [1.165, 1.54) is 0 Å². The van der Waals surface area contributed by atoms with Gasteiger partial charge in [-0.1, -0.05) is 6.92 Å². The molecule has 1 rings (SSSR count). The standard InChI is InChI=1S/C10H14O2S/c1-8(6-12-2)5-10(11)9-3-4-13-7-9/h3-4,7-8H,5-6H2,1-2H3. The van der Waals surface area contributed by atoms with Crippen molar-refractivity contribution < 1.29 is 9.53 Å². The normalized spacial score (nSPS) is 12.8. The smallest absolute Gasteiger partial charge is 0.164 e.